The van der Waals surface area contributed by atoms with Crippen molar-refractivity contribution >= 4 is 0 Å². The van der Waals surface area contributed by atoms with Crippen LogP contribution in [0.3, 0.4) is 0 Å². The van der Waals surface area contributed by atoms with Crippen molar-refractivity contribution in [1.29, 1.82) is 0 Å². The van der Waals surface area contributed by atoms with E-state index >= 15 is 0 Å². The molecule has 0 amide bonds. The highest BCUT2D eigenvalue weighted by atomic mass is 16.3. The first-order valence-corrected chi connectivity index (χ1v) is 14.1. The van der Waals surface area contributed by atoms with Gasteiger partial charge in [-0.1, -0.05) is 52.2 Å². The predicted octanol–water partition coefficient (Wildman–Crippen LogP) is 7.67. The van der Waals surface area contributed by atoms with Crippen LogP contribution in [-0.4, -0.2) is 21.4 Å². The smallest absolute Gasteiger partial charge is 0.0657 e. The third kappa shape index (κ3) is 4.37. The van der Waals surface area contributed by atoms with Crippen LogP contribution in [0.15, 0.2) is 11.6 Å². The van der Waals surface area contributed by atoms with Gasteiger partial charge >= 0.3 is 0 Å². The van der Waals surface area contributed by atoms with E-state index in [4.69, 9.17) is 0 Å². The second-order valence-electron chi connectivity index (χ2n) is 13.8. The Morgan fingerprint density at radius 2 is 1.81 bits per heavy atom. The first kappa shape index (κ1) is 24.8. The molecule has 2 heteroatoms. The van der Waals surface area contributed by atoms with Gasteiger partial charge < -0.3 is 10.2 Å². The molecule has 184 valence electrons. The summed E-state index contributed by atoms with van der Waals surface area (Å²) in [5.74, 6) is 4.06. The molecule has 0 heterocycles. The van der Waals surface area contributed by atoms with Crippen molar-refractivity contribution in [3.05, 3.63) is 11.6 Å². The SMILES string of the molecule is CCCCC(C)(O)CC[C@@H](C)[C@H]1CC[C@H]2[C@@H]3CC=C4C[C@@](C)(O)CC[C@]4(C)[C@H]3CC[C@]12C. The molecular weight excluding hydrogens is 392 g/mol. The molecular formula is C30H52O2. The summed E-state index contributed by atoms with van der Waals surface area (Å²) in [6.45, 7) is 14.0. The van der Waals surface area contributed by atoms with Crippen LogP contribution in [0.4, 0.5) is 0 Å². The average molecular weight is 445 g/mol. The van der Waals surface area contributed by atoms with Crippen LogP contribution in [0.1, 0.15) is 125 Å². The molecule has 4 aliphatic carbocycles. The number of hydrogen-bond donors (Lipinski definition) is 2. The monoisotopic (exact) mass is 444 g/mol. The number of aliphatic hydroxyl groups is 2. The van der Waals surface area contributed by atoms with E-state index in [2.05, 4.69) is 40.7 Å². The zero-order chi connectivity index (χ0) is 23.4. The van der Waals surface area contributed by atoms with Crippen molar-refractivity contribution in [3.63, 3.8) is 0 Å². The fourth-order valence-corrected chi connectivity index (χ4v) is 9.20. The van der Waals surface area contributed by atoms with Crippen LogP contribution in [-0.2, 0) is 0 Å². The maximum Gasteiger partial charge on any atom is 0.0657 e. The van der Waals surface area contributed by atoms with Gasteiger partial charge in [-0.3, -0.25) is 0 Å². The van der Waals surface area contributed by atoms with Crippen molar-refractivity contribution in [1.82, 2.24) is 0 Å². The molecule has 3 saturated carbocycles. The van der Waals surface area contributed by atoms with Crippen molar-refractivity contribution in [2.24, 2.45) is 40.4 Å². The standard InChI is InChI=1S/C30H52O2/c1-7-8-15-27(3,31)16-13-21(2)24-11-12-25-23-10-9-22-20-28(4,32)18-19-29(22,5)26(23)14-17-30(24,25)6/h9,21,23-26,31-32H,7-8,10-20H2,1-6H3/t21-,23+,24-,25+,26+,27?,28+,29+,30-/m1/s1. The van der Waals surface area contributed by atoms with Crippen molar-refractivity contribution < 1.29 is 10.2 Å². The highest BCUT2D eigenvalue weighted by Crippen LogP contribution is 2.67. The highest BCUT2D eigenvalue weighted by molar-refractivity contribution is 5.26. The maximum atomic E-state index is 10.8. The van der Waals surface area contributed by atoms with E-state index in [1.54, 1.807) is 5.57 Å². The first-order chi connectivity index (χ1) is 14.9. The molecule has 0 saturated heterocycles. The Morgan fingerprint density at radius 1 is 1.06 bits per heavy atom. The molecule has 3 fully saturated rings. The van der Waals surface area contributed by atoms with E-state index in [1.165, 1.54) is 51.4 Å². The van der Waals surface area contributed by atoms with Crippen LogP contribution in [0.25, 0.3) is 0 Å². The van der Waals surface area contributed by atoms with Gasteiger partial charge in [-0.05, 0) is 125 Å². The lowest BCUT2D eigenvalue weighted by atomic mass is 9.46. The van der Waals surface area contributed by atoms with Gasteiger partial charge in [-0.2, -0.15) is 0 Å². The fraction of sp³-hybridized carbons (Fsp3) is 0.933. The van der Waals surface area contributed by atoms with Gasteiger partial charge in [-0.15, -0.1) is 0 Å². The molecule has 0 aromatic rings. The van der Waals surface area contributed by atoms with E-state index in [-0.39, 0.29) is 0 Å². The summed E-state index contributed by atoms with van der Waals surface area (Å²) in [7, 11) is 0. The Kier molecular flexibility index (Phi) is 6.74. The molecule has 4 rings (SSSR count). The van der Waals surface area contributed by atoms with Gasteiger partial charge in [0.1, 0.15) is 0 Å². The lowest BCUT2D eigenvalue weighted by molar-refractivity contribution is -0.0715. The molecule has 0 aromatic carbocycles. The summed E-state index contributed by atoms with van der Waals surface area (Å²) in [5.41, 5.74) is 1.41. The maximum absolute atomic E-state index is 10.8. The molecule has 0 radical (unpaired) electrons. The lowest BCUT2D eigenvalue weighted by Crippen LogP contribution is -2.52. The van der Waals surface area contributed by atoms with Gasteiger partial charge in [0.05, 0.1) is 11.2 Å². The largest absolute Gasteiger partial charge is 0.390 e. The minimum absolute atomic E-state index is 0.328. The van der Waals surface area contributed by atoms with Crippen LogP contribution < -0.4 is 0 Å². The number of rotatable bonds is 7. The summed E-state index contributed by atoms with van der Waals surface area (Å²) in [6.07, 6.45) is 17.8. The molecule has 2 nitrogen and oxygen atoms in total. The molecule has 0 spiro atoms. The Balaban J connectivity index is 1.45. The molecule has 9 atom stereocenters. The third-order valence-corrected chi connectivity index (χ3v) is 11.3. The minimum atomic E-state index is -0.492. The molecule has 0 aromatic heterocycles. The van der Waals surface area contributed by atoms with Gasteiger partial charge in [-0.25, -0.2) is 0 Å². The van der Waals surface area contributed by atoms with Crippen LogP contribution in [0.5, 0.6) is 0 Å². The van der Waals surface area contributed by atoms with Crippen LogP contribution in [0, 0.1) is 40.4 Å². The normalized spacial score (nSPS) is 46.4. The van der Waals surface area contributed by atoms with E-state index in [9.17, 15) is 10.2 Å². The molecule has 32 heavy (non-hydrogen) atoms. The third-order valence-electron chi connectivity index (χ3n) is 11.3. The highest BCUT2D eigenvalue weighted by Gasteiger charge is 2.59. The number of fused-ring (bicyclic) bond motifs is 5. The Labute approximate surface area is 198 Å². The quantitative estimate of drug-likeness (QED) is 0.395. The average Bonchev–Trinajstić information content (AvgIpc) is 3.08. The molecule has 4 aliphatic rings. The summed E-state index contributed by atoms with van der Waals surface area (Å²) < 4.78 is 0. The van der Waals surface area contributed by atoms with Crippen molar-refractivity contribution in [2.45, 2.75) is 136 Å². The van der Waals surface area contributed by atoms with Crippen molar-refractivity contribution in [3.8, 4) is 0 Å². The van der Waals surface area contributed by atoms with E-state index < -0.39 is 11.2 Å². The fourth-order valence-electron chi connectivity index (χ4n) is 9.20. The Bertz CT molecular complexity index is 706. The lowest BCUT2D eigenvalue weighted by Gasteiger charge is -2.59. The van der Waals surface area contributed by atoms with E-state index in [0.717, 1.165) is 55.8 Å². The Hall–Kier alpha value is -0.340. The second-order valence-corrected chi connectivity index (χ2v) is 13.8. The van der Waals surface area contributed by atoms with E-state index in [1.807, 2.05) is 6.92 Å². The summed E-state index contributed by atoms with van der Waals surface area (Å²) in [4.78, 5) is 0. The van der Waals surface area contributed by atoms with Gasteiger partial charge in [0.25, 0.3) is 0 Å². The minimum Gasteiger partial charge on any atom is -0.390 e. The summed E-state index contributed by atoms with van der Waals surface area (Å²) in [6, 6.07) is 0. The zero-order valence-corrected chi connectivity index (χ0v) is 22.1. The first-order valence-electron chi connectivity index (χ1n) is 14.1. The predicted molar refractivity (Wildman–Crippen MR) is 134 cm³/mol. The number of hydrogen-bond acceptors (Lipinski definition) is 2. The summed E-state index contributed by atoms with van der Waals surface area (Å²) in [5, 5.41) is 21.5. The Morgan fingerprint density at radius 3 is 2.53 bits per heavy atom. The van der Waals surface area contributed by atoms with Crippen LogP contribution in [0.2, 0.25) is 0 Å². The number of unbranched alkanes of at least 4 members (excludes halogenated alkanes) is 1. The van der Waals surface area contributed by atoms with Gasteiger partial charge in [0, 0.05) is 0 Å². The topological polar surface area (TPSA) is 40.5 Å². The number of allylic oxidation sites excluding steroid dienone is 1. The van der Waals surface area contributed by atoms with Gasteiger partial charge in [0.2, 0.25) is 0 Å². The molecule has 0 aliphatic heterocycles. The van der Waals surface area contributed by atoms with Crippen LogP contribution >= 0.6 is 0 Å². The molecule has 2 N–H and O–H groups in total. The zero-order valence-electron chi connectivity index (χ0n) is 22.1. The summed E-state index contributed by atoms with van der Waals surface area (Å²) >= 11 is 0. The van der Waals surface area contributed by atoms with Gasteiger partial charge in [0.15, 0.2) is 0 Å². The molecule has 0 bridgehead atoms. The van der Waals surface area contributed by atoms with E-state index in [0.29, 0.717) is 16.7 Å². The second kappa shape index (κ2) is 8.71. The van der Waals surface area contributed by atoms with Crippen molar-refractivity contribution in [2.75, 3.05) is 0 Å². The molecule has 1 unspecified atom stereocenters.